The summed E-state index contributed by atoms with van der Waals surface area (Å²) in [7, 11) is 0. The smallest absolute Gasteiger partial charge is 0.269 e. The number of benzene rings is 4. The van der Waals surface area contributed by atoms with Crippen LogP contribution >= 0.6 is 0 Å². The Morgan fingerprint density at radius 3 is 2.22 bits per heavy atom. The maximum absolute atomic E-state index is 8.97. The van der Waals surface area contributed by atoms with Crippen molar-refractivity contribution in [3.05, 3.63) is 145 Å². The van der Waals surface area contributed by atoms with Crippen molar-refractivity contribution < 1.29 is 12.0 Å². The predicted octanol–water partition coefficient (Wildman–Crippen LogP) is 11.6. The van der Waals surface area contributed by atoms with E-state index in [1.807, 2.05) is 78.7 Å². The van der Waals surface area contributed by atoms with Gasteiger partial charge in [-0.15, -0.1) is 0 Å². The molecule has 0 amide bonds. The molecule has 4 aromatic carbocycles. The molecule has 4 heterocycles. The highest BCUT2D eigenvalue weighted by atomic mass is 16.5. The van der Waals surface area contributed by atoms with E-state index < -0.39 is 11.8 Å². The Kier molecular flexibility index (Phi) is 7.90. The molecule has 0 unspecified atom stereocenters. The molecule has 6 nitrogen and oxygen atoms in total. The van der Waals surface area contributed by atoms with Gasteiger partial charge in [-0.2, -0.15) is 0 Å². The van der Waals surface area contributed by atoms with Crippen molar-refractivity contribution in [1.82, 2.24) is 19.1 Å². The van der Waals surface area contributed by atoms with Gasteiger partial charge in [0, 0.05) is 32.0 Å². The zero-order chi connectivity index (χ0) is 39.8. The highest BCUT2D eigenvalue weighted by molar-refractivity contribution is 6.09. The van der Waals surface area contributed by atoms with Crippen molar-refractivity contribution in [2.75, 3.05) is 0 Å². The van der Waals surface area contributed by atoms with E-state index in [9.17, 15) is 0 Å². The van der Waals surface area contributed by atoms with E-state index in [1.165, 1.54) is 11.1 Å². The molecule has 0 aliphatic heterocycles. The SMILES string of the molecule is [2H]C([2H])(c1cccc(-[n+]2[c-]n(-c3cncc(Oc4ccc5c6ccccc6n(-c6cc(C(C)(C)C)ccn6)c5c4)c3)c3cc(C(C)(C)C)ccc32)c1)C(C)(C)C. The van der Waals surface area contributed by atoms with Crippen LogP contribution < -0.4 is 9.30 Å². The van der Waals surface area contributed by atoms with E-state index in [0.29, 0.717) is 17.1 Å². The first-order valence-electron chi connectivity index (χ1n) is 19.6. The average molecular weight is 714 g/mol. The van der Waals surface area contributed by atoms with E-state index in [0.717, 1.165) is 50.0 Å². The highest BCUT2D eigenvalue weighted by Crippen LogP contribution is 2.36. The molecule has 0 saturated heterocycles. The fourth-order valence-electron chi connectivity index (χ4n) is 7.10. The Morgan fingerprint density at radius 1 is 0.685 bits per heavy atom. The highest BCUT2D eigenvalue weighted by Gasteiger charge is 2.21. The number of rotatable bonds is 6. The number of hydrogen-bond acceptors (Lipinski definition) is 3. The molecule has 8 rings (SSSR count). The van der Waals surface area contributed by atoms with Gasteiger partial charge in [0.15, 0.2) is 0 Å². The first kappa shape index (κ1) is 32.9. The lowest BCUT2D eigenvalue weighted by molar-refractivity contribution is -0.572. The number of para-hydroxylation sites is 1. The van der Waals surface area contributed by atoms with Gasteiger partial charge in [-0.05, 0) is 88.3 Å². The summed E-state index contributed by atoms with van der Waals surface area (Å²) in [6.07, 6.45) is 7.50. The molecule has 0 spiro atoms. The molecule has 4 aromatic heterocycles. The van der Waals surface area contributed by atoms with Gasteiger partial charge in [0.1, 0.15) is 17.3 Å². The van der Waals surface area contributed by atoms with Gasteiger partial charge in [0.2, 0.25) is 0 Å². The van der Waals surface area contributed by atoms with Gasteiger partial charge < -0.3 is 4.74 Å². The summed E-state index contributed by atoms with van der Waals surface area (Å²) in [4.78, 5) is 9.48. The van der Waals surface area contributed by atoms with Crippen molar-refractivity contribution in [1.29, 1.82) is 0 Å². The van der Waals surface area contributed by atoms with Gasteiger partial charge in [-0.25, -0.2) is 4.98 Å². The quantitative estimate of drug-likeness (QED) is 0.127. The molecule has 6 heteroatoms. The summed E-state index contributed by atoms with van der Waals surface area (Å²) in [6.45, 7) is 19.1. The number of hydrogen-bond donors (Lipinski definition) is 0. The number of fused-ring (bicyclic) bond motifs is 4. The van der Waals surface area contributed by atoms with E-state index in [-0.39, 0.29) is 10.8 Å². The minimum absolute atomic E-state index is 0.0229. The van der Waals surface area contributed by atoms with Crippen molar-refractivity contribution in [3.8, 4) is 28.7 Å². The second-order valence-electron chi connectivity index (χ2n) is 17.3. The molecule has 0 radical (unpaired) electrons. The van der Waals surface area contributed by atoms with Gasteiger partial charge in [0.05, 0.1) is 39.6 Å². The van der Waals surface area contributed by atoms with Crippen LogP contribution in [0.25, 0.3) is 50.0 Å². The molecule has 0 aliphatic rings. The normalized spacial score (nSPS) is 13.4. The standard InChI is InChI=1S/C48H49N5O/c1-46(2,3)28-32-13-12-14-35(23-32)51-31-52(44-24-33(47(4,5)6)17-20-42(44)51)36-26-38(30-49-29-36)54-37-18-19-40-39-15-10-11-16-41(39)53(43(40)27-37)45-25-34(21-22-50-45)48(7,8)9/h10-27,29-30H,28H2,1-9H3/i28D2. The number of nitrogens with zero attached hydrogens (tertiary/aromatic N) is 5. The fourth-order valence-corrected chi connectivity index (χ4v) is 7.10. The summed E-state index contributed by atoms with van der Waals surface area (Å²) >= 11 is 0. The molecule has 272 valence electrons. The first-order valence-corrected chi connectivity index (χ1v) is 18.6. The molecule has 0 bridgehead atoms. The third-order valence-corrected chi connectivity index (χ3v) is 9.83. The number of aromatic nitrogens is 5. The van der Waals surface area contributed by atoms with Crippen LogP contribution in [-0.4, -0.2) is 19.1 Å². The molecule has 0 N–H and O–H groups in total. The Morgan fingerprint density at radius 2 is 1.44 bits per heavy atom. The van der Waals surface area contributed by atoms with E-state index in [4.69, 9.17) is 12.5 Å². The third kappa shape index (κ3) is 6.77. The second kappa shape index (κ2) is 13.0. The van der Waals surface area contributed by atoms with Gasteiger partial charge >= 0.3 is 0 Å². The summed E-state index contributed by atoms with van der Waals surface area (Å²) in [6, 6.07) is 35.1. The fraction of sp³-hybridized carbons (Fsp3) is 0.271. The lowest BCUT2D eigenvalue weighted by Gasteiger charge is -2.20. The van der Waals surface area contributed by atoms with Crippen molar-refractivity contribution in [3.63, 3.8) is 0 Å². The van der Waals surface area contributed by atoms with Crippen LogP contribution in [0.5, 0.6) is 11.5 Å². The number of pyridine rings is 2. The Labute approximate surface area is 321 Å². The molecule has 0 saturated carbocycles. The molecule has 8 aromatic rings. The lowest BCUT2D eigenvalue weighted by Crippen LogP contribution is -2.29. The summed E-state index contributed by atoms with van der Waals surface area (Å²) in [5, 5.41) is 2.27. The van der Waals surface area contributed by atoms with Crippen molar-refractivity contribution in [2.24, 2.45) is 5.41 Å². The van der Waals surface area contributed by atoms with Crippen molar-refractivity contribution in [2.45, 2.75) is 79.5 Å². The predicted molar refractivity (Wildman–Crippen MR) is 221 cm³/mol. The Bertz CT molecular complexity index is 2770. The number of imidazole rings is 1. The van der Waals surface area contributed by atoms with Crippen LogP contribution in [0.4, 0.5) is 0 Å². The topological polar surface area (TPSA) is 48.8 Å². The first-order chi connectivity index (χ1) is 26.4. The Balaban J connectivity index is 1.23. The van der Waals surface area contributed by atoms with E-state index in [2.05, 4.69) is 124 Å². The van der Waals surface area contributed by atoms with Crippen molar-refractivity contribution >= 4 is 32.8 Å². The summed E-state index contributed by atoms with van der Waals surface area (Å²) in [5.41, 5.74) is 7.95. The van der Waals surface area contributed by atoms with Crippen LogP contribution in [0, 0.1) is 11.7 Å². The second-order valence-corrected chi connectivity index (χ2v) is 17.3. The summed E-state index contributed by atoms with van der Waals surface area (Å²) in [5.74, 6) is 2.14. The van der Waals surface area contributed by atoms with Crippen LogP contribution in [0.15, 0.2) is 122 Å². The van der Waals surface area contributed by atoms with E-state index >= 15 is 0 Å². The molecular weight excluding hydrogens is 663 g/mol. The molecule has 0 atom stereocenters. The Hall–Kier alpha value is -5.75. The van der Waals surface area contributed by atoms with Crippen LogP contribution in [-0.2, 0) is 17.2 Å². The monoisotopic (exact) mass is 713 g/mol. The molecule has 0 aliphatic carbocycles. The lowest BCUT2D eigenvalue weighted by atomic mass is 9.87. The van der Waals surface area contributed by atoms with Gasteiger partial charge in [-0.1, -0.05) is 110 Å². The van der Waals surface area contributed by atoms with Crippen LogP contribution in [0.3, 0.4) is 0 Å². The number of ether oxygens (including phenoxy) is 1. The van der Waals surface area contributed by atoms with E-state index in [1.54, 1.807) is 6.20 Å². The van der Waals surface area contributed by atoms with Crippen LogP contribution in [0.2, 0.25) is 0 Å². The minimum Gasteiger partial charge on any atom is -0.456 e. The third-order valence-electron chi connectivity index (χ3n) is 9.83. The average Bonchev–Trinajstić information content (AvgIpc) is 3.70. The largest absolute Gasteiger partial charge is 0.456 e. The van der Waals surface area contributed by atoms with Gasteiger partial charge in [0.25, 0.3) is 6.33 Å². The summed E-state index contributed by atoms with van der Waals surface area (Å²) < 4.78 is 30.8. The van der Waals surface area contributed by atoms with Gasteiger partial charge in [-0.3, -0.25) is 18.7 Å². The minimum atomic E-state index is -1.54. The maximum Gasteiger partial charge on any atom is 0.269 e. The maximum atomic E-state index is 8.97. The molecule has 54 heavy (non-hydrogen) atoms. The zero-order valence-corrected chi connectivity index (χ0v) is 32.7. The molecular formula is C48H49N5O. The molecule has 0 fully saturated rings. The zero-order valence-electron chi connectivity index (χ0n) is 34.7. The van der Waals surface area contributed by atoms with Crippen LogP contribution in [0.1, 0.15) is 81.7 Å².